The van der Waals surface area contributed by atoms with E-state index in [4.69, 9.17) is 39.0 Å². The van der Waals surface area contributed by atoms with Crippen molar-refractivity contribution in [2.75, 3.05) is 0 Å². The molecule has 10 heteroatoms. The van der Waals surface area contributed by atoms with Gasteiger partial charge in [0.05, 0.1) is 29.3 Å². The smallest absolute Gasteiger partial charge is 0.191 e. The maximum Gasteiger partial charge on any atom is 0.191 e. The summed E-state index contributed by atoms with van der Waals surface area (Å²) in [4.78, 5) is 7.83. The molecule has 2 aliphatic rings. The van der Waals surface area contributed by atoms with Gasteiger partial charge in [0.25, 0.3) is 0 Å². The quantitative estimate of drug-likeness (QED) is 0.229. The number of ether oxygens (including phenoxy) is 1. The molecule has 0 unspecified atom stereocenters. The third kappa shape index (κ3) is 4.64. The number of hydrogen-bond acceptors (Lipinski definition) is 6. The maximum absolute atomic E-state index is 14.6. The van der Waals surface area contributed by atoms with Crippen LogP contribution in [-0.4, -0.2) is 21.4 Å². The van der Waals surface area contributed by atoms with Crippen LogP contribution in [0.15, 0.2) is 34.9 Å². The minimum atomic E-state index is -1.26. The highest BCUT2D eigenvalue weighted by Crippen LogP contribution is 2.53. The van der Waals surface area contributed by atoms with Crippen LogP contribution in [0.4, 0.5) is 10.1 Å². The Labute approximate surface area is 239 Å². The molecule has 2 saturated carbocycles. The summed E-state index contributed by atoms with van der Waals surface area (Å²) in [6.45, 7) is 11.5. The first-order chi connectivity index (χ1) is 18.6. The van der Waals surface area contributed by atoms with Crippen LogP contribution >= 0.6 is 34.5 Å². The molecule has 202 valence electrons. The van der Waals surface area contributed by atoms with Crippen LogP contribution in [0.3, 0.4) is 0 Å². The molecule has 2 atom stereocenters. The molecule has 2 aromatic carbocycles. The van der Waals surface area contributed by atoms with Crippen LogP contribution in [0.2, 0.25) is 10.0 Å². The van der Waals surface area contributed by atoms with E-state index < -0.39 is 16.8 Å². The van der Waals surface area contributed by atoms with Crippen LogP contribution < -0.4 is 0 Å². The zero-order valence-corrected chi connectivity index (χ0v) is 23.8. The van der Waals surface area contributed by atoms with Crippen molar-refractivity contribution in [1.82, 2.24) is 10.1 Å². The zero-order valence-electron chi connectivity index (χ0n) is 21.4. The second kappa shape index (κ2) is 9.83. The molecular formula is C29H26Cl2FN3O3S. The Morgan fingerprint density at radius 1 is 1.23 bits per heavy atom. The minimum Gasteiger partial charge on any atom is -0.382 e. The average Bonchev–Trinajstić information content (AvgIpc) is 3.50. The normalized spacial score (nSPS) is 22.7. The van der Waals surface area contributed by atoms with E-state index in [0.29, 0.717) is 56.2 Å². The third-order valence-corrected chi connectivity index (χ3v) is 9.81. The number of halogens is 3. The highest BCUT2D eigenvalue weighted by molar-refractivity contribution is 7.18. The fraction of sp³-hybridized carbons (Fsp3) is 0.414. The number of fused-ring (bicyclic) bond motifs is 1. The first kappa shape index (κ1) is 26.7. The van der Waals surface area contributed by atoms with Crippen molar-refractivity contribution in [3.63, 3.8) is 0 Å². The number of aromatic nitrogens is 2. The fourth-order valence-corrected chi connectivity index (χ4v) is 7.44. The van der Waals surface area contributed by atoms with Gasteiger partial charge >= 0.3 is 0 Å². The van der Waals surface area contributed by atoms with E-state index in [1.165, 1.54) is 17.4 Å². The van der Waals surface area contributed by atoms with Crippen molar-refractivity contribution >= 4 is 50.4 Å². The molecular weight excluding hydrogens is 560 g/mol. The Balaban J connectivity index is 1.24. The van der Waals surface area contributed by atoms with Crippen molar-refractivity contribution in [2.24, 2.45) is 5.41 Å². The molecule has 0 bridgehead atoms. The topological polar surface area (TPSA) is 72.7 Å². The minimum absolute atomic E-state index is 0.128. The fourth-order valence-electron chi connectivity index (χ4n) is 5.55. The number of hydrogen-bond donors (Lipinski definition) is 1. The largest absolute Gasteiger partial charge is 0.382 e. The summed E-state index contributed by atoms with van der Waals surface area (Å²) in [5, 5.41) is 17.7. The summed E-state index contributed by atoms with van der Waals surface area (Å²) >= 11 is 14.2. The summed E-state index contributed by atoms with van der Waals surface area (Å²) in [6, 6.07) is 8.15. The van der Waals surface area contributed by atoms with Gasteiger partial charge in [-0.1, -0.05) is 48.3 Å². The monoisotopic (exact) mass is 585 g/mol. The summed E-state index contributed by atoms with van der Waals surface area (Å²) in [5.74, 6) is 0.596. The molecule has 2 aromatic heterocycles. The molecule has 2 aliphatic carbocycles. The molecule has 0 saturated heterocycles. The Morgan fingerprint density at radius 3 is 2.64 bits per heavy atom. The summed E-state index contributed by atoms with van der Waals surface area (Å²) in [5.41, 5.74) is 0.654. The molecule has 2 fully saturated rings. The molecule has 0 aliphatic heterocycles. The van der Waals surface area contributed by atoms with Gasteiger partial charge in [-0.3, -0.25) is 0 Å². The number of thiazole rings is 1. The van der Waals surface area contributed by atoms with Crippen molar-refractivity contribution in [3.8, 4) is 11.3 Å². The molecule has 2 heterocycles. The molecule has 0 amide bonds. The predicted octanol–water partition coefficient (Wildman–Crippen LogP) is 8.81. The van der Waals surface area contributed by atoms with Gasteiger partial charge in [0.2, 0.25) is 0 Å². The maximum atomic E-state index is 14.6. The van der Waals surface area contributed by atoms with E-state index in [0.717, 1.165) is 24.2 Å². The van der Waals surface area contributed by atoms with Crippen LogP contribution in [0.1, 0.15) is 68.2 Å². The van der Waals surface area contributed by atoms with Gasteiger partial charge in [0.1, 0.15) is 33.4 Å². The Hall–Kier alpha value is -2.54. The van der Waals surface area contributed by atoms with Crippen molar-refractivity contribution in [2.45, 2.75) is 70.2 Å². The lowest BCUT2D eigenvalue weighted by Gasteiger charge is -2.47. The Morgan fingerprint density at radius 2 is 1.97 bits per heavy atom. The molecule has 39 heavy (non-hydrogen) atoms. The van der Waals surface area contributed by atoms with Crippen LogP contribution in [0.25, 0.3) is 26.3 Å². The zero-order chi connectivity index (χ0) is 27.5. The first-order valence-electron chi connectivity index (χ1n) is 12.9. The number of nitrogens with zero attached hydrogens (tertiary/aromatic N) is 3. The van der Waals surface area contributed by atoms with E-state index in [-0.39, 0.29) is 23.9 Å². The second-order valence-electron chi connectivity index (χ2n) is 11.1. The number of aliphatic hydroxyl groups is 1. The first-order valence-corrected chi connectivity index (χ1v) is 14.4. The van der Waals surface area contributed by atoms with Gasteiger partial charge in [0, 0.05) is 27.2 Å². The third-order valence-electron chi connectivity index (χ3n) is 8.03. The van der Waals surface area contributed by atoms with E-state index >= 15 is 0 Å². The highest BCUT2D eigenvalue weighted by Gasteiger charge is 2.51. The molecule has 4 aromatic rings. The lowest BCUT2D eigenvalue weighted by Crippen LogP contribution is -2.48. The Bertz CT molecular complexity index is 1600. The Kier molecular flexibility index (Phi) is 6.72. The van der Waals surface area contributed by atoms with Crippen molar-refractivity contribution in [3.05, 3.63) is 73.9 Å². The van der Waals surface area contributed by atoms with Crippen molar-refractivity contribution < 1.29 is 18.8 Å². The van der Waals surface area contributed by atoms with E-state index in [1.807, 2.05) is 13.8 Å². The number of benzene rings is 2. The van der Waals surface area contributed by atoms with Crippen LogP contribution in [0, 0.1) is 17.8 Å². The SMILES string of the molecule is [C-]#[N+]c1cc(F)c2nc([C@@]3(O)CC[C@H](OCc4c(-c5c(Cl)cccc5Cl)noc4C4CC4)CC3(C)C)sc2c1. The van der Waals surface area contributed by atoms with E-state index in [2.05, 4.69) is 15.0 Å². The average molecular weight is 587 g/mol. The van der Waals surface area contributed by atoms with Gasteiger partial charge < -0.3 is 14.4 Å². The summed E-state index contributed by atoms with van der Waals surface area (Å²) < 4.78 is 27.4. The molecule has 1 N–H and O–H groups in total. The molecule has 0 spiro atoms. The standard InChI is InChI=1S/C29H26Cl2FN3O3S/c1-28(2)13-17(9-10-29(28,36)27-34-25-21(32)11-16(33-3)12-22(25)39-27)37-14-18-24(35-38-26(18)15-7-8-15)23-19(30)5-4-6-20(23)31/h4-6,11-12,15,17,36H,7-10,13-14H2,1-2H3/t17-,29-/m0/s1. The van der Waals surface area contributed by atoms with Crippen molar-refractivity contribution in [1.29, 1.82) is 0 Å². The van der Waals surface area contributed by atoms with Crippen LogP contribution in [0.5, 0.6) is 0 Å². The summed E-state index contributed by atoms with van der Waals surface area (Å²) in [7, 11) is 0. The summed E-state index contributed by atoms with van der Waals surface area (Å²) in [6.07, 6.45) is 3.53. The van der Waals surface area contributed by atoms with Gasteiger partial charge in [-0.2, -0.15) is 0 Å². The molecule has 6 rings (SSSR count). The highest BCUT2D eigenvalue weighted by atomic mass is 35.5. The van der Waals surface area contributed by atoms with Crippen LogP contribution in [-0.2, 0) is 16.9 Å². The molecule has 0 radical (unpaired) electrons. The lowest BCUT2D eigenvalue weighted by atomic mass is 9.64. The number of rotatable bonds is 6. The van der Waals surface area contributed by atoms with Gasteiger partial charge in [-0.05, 0) is 56.4 Å². The van der Waals surface area contributed by atoms with Gasteiger partial charge in [0.15, 0.2) is 5.69 Å². The van der Waals surface area contributed by atoms with E-state index in [1.54, 1.807) is 24.3 Å². The predicted molar refractivity (Wildman–Crippen MR) is 150 cm³/mol. The second-order valence-corrected chi connectivity index (χ2v) is 12.9. The van der Waals surface area contributed by atoms with E-state index in [9.17, 15) is 9.50 Å². The molecule has 6 nitrogen and oxygen atoms in total. The van der Waals surface area contributed by atoms with Gasteiger partial charge in [-0.15, -0.1) is 11.3 Å². The lowest BCUT2D eigenvalue weighted by molar-refractivity contribution is -0.146. The van der Waals surface area contributed by atoms with Gasteiger partial charge in [-0.25, -0.2) is 14.2 Å².